The second-order valence-electron chi connectivity index (χ2n) is 5.12. The third-order valence-electron chi connectivity index (χ3n) is 3.85. The minimum absolute atomic E-state index is 0.139. The Morgan fingerprint density at radius 3 is 2.72 bits per heavy atom. The minimum atomic E-state index is -0.372. The van der Waals surface area contributed by atoms with Crippen molar-refractivity contribution < 1.29 is 14.3 Å². The van der Waals surface area contributed by atoms with Crippen LogP contribution in [0.15, 0.2) is 0 Å². The second kappa shape index (κ2) is 6.47. The summed E-state index contributed by atoms with van der Waals surface area (Å²) in [4.78, 5) is 13.7. The molecule has 2 unspecified atom stereocenters. The van der Waals surface area contributed by atoms with Crippen LogP contribution in [0, 0.1) is 0 Å². The maximum atomic E-state index is 11.4. The summed E-state index contributed by atoms with van der Waals surface area (Å²) in [7, 11) is 2.12. The zero-order valence-corrected chi connectivity index (χ0v) is 10.9. The summed E-state index contributed by atoms with van der Waals surface area (Å²) < 4.78 is 11.1. The minimum Gasteiger partial charge on any atom is -0.381 e. The topological polar surface area (TPSA) is 76.8 Å². The van der Waals surface area contributed by atoms with Crippen molar-refractivity contribution in [1.29, 1.82) is 0 Å². The Kier molecular flexibility index (Phi) is 4.94. The quantitative estimate of drug-likeness (QED) is 0.408. The molecule has 0 spiro atoms. The predicted octanol–water partition coefficient (Wildman–Crippen LogP) is -0.365. The van der Waals surface area contributed by atoms with Crippen LogP contribution in [-0.4, -0.2) is 55.9 Å². The molecule has 1 amide bonds. The first-order valence-electron chi connectivity index (χ1n) is 6.64. The van der Waals surface area contributed by atoms with E-state index in [0.717, 1.165) is 45.4 Å². The van der Waals surface area contributed by atoms with Crippen LogP contribution in [0.1, 0.15) is 25.7 Å². The molecule has 2 aliphatic rings. The molecule has 0 radical (unpaired) electrons. The van der Waals surface area contributed by atoms with E-state index in [2.05, 4.69) is 17.4 Å². The van der Waals surface area contributed by atoms with Crippen LogP contribution in [0.4, 0.5) is 0 Å². The van der Waals surface area contributed by atoms with E-state index in [-0.39, 0.29) is 18.1 Å². The van der Waals surface area contributed by atoms with E-state index < -0.39 is 0 Å². The molecule has 2 fully saturated rings. The van der Waals surface area contributed by atoms with Crippen LogP contribution < -0.4 is 11.3 Å². The highest BCUT2D eigenvalue weighted by molar-refractivity contribution is 5.80. The van der Waals surface area contributed by atoms with E-state index >= 15 is 0 Å². The fourth-order valence-corrected chi connectivity index (χ4v) is 2.72. The monoisotopic (exact) mass is 257 g/mol. The number of rotatable bonds is 4. The predicted molar refractivity (Wildman–Crippen MR) is 66.7 cm³/mol. The summed E-state index contributed by atoms with van der Waals surface area (Å²) in [5.41, 5.74) is 2.15. The molecule has 2 saturated heterocycles. The number of carbonyl (C=O) groups excluding carboxylic acids is 1. The fourth-order valence-electron chi connectivity index (χ4n) is 2.72. The highest BCUT2D eigenvalue weighted by Crippen LogP contribution is 2.22. The van der Waals surface area contributed by atoms with Crippen molar-refractivity contribution in [3.05, 3.63) is 0 Å². The molecule has 6 nitrogen and oxygen atoms in total. The lowest BCUT2D eigenvalue weighted by Gasteiger charge is -2.32. The highest BCUT2D eigenvalue weighted by atomic mass is 16.5. The van der Waals surface area contributed by atoms with E-state index in [1.54, 1.807) is 0 Å². The normalized spacial score (nSPS) is 29.7. The van der Waals surface area contributed by atoms with Gasteiger partial charge in [0.25, 0.3) is 5.91 Å². The number of hydrogen-bond acceptors (Lipinski definition) is 5. The lowest BCUT2D eigenvalue weighted by atomic mass is 10.1. The van der Waals surface area contributed by atoms with E-state index in [1.807, 2.05) is 0 Å². The molecule has 104 valence electrons. The average molecular weight is 257 g/mol. The Labute approximate surface area is 108 Å². The van der Waals surface area contributed by atoms with Crippen molar-refractivity contribution in [2.75, 3.05) is 26.8 Å². The van der Waals surface area contributed by atoms with Crippen LogP contribution in [0.2, 0.25) is 0 Å². The van der Waals surface area contributed by atoms with Crippen molar-refractivity contribution in [3.63, 3.8) is 0 Å². The summed E-state index contributed by atoms with van der Waals surface area (Å²) in [5, 5.41) is 0. The number of carbonyl (C=O) groups is 1. The Morgan fingerprint density at radius 1 is 1.33 bits per heavy atom. The molecule has 0 bridgehead atoms. The molecule has 6 heteroatoms. The molecular weight excluding hydrogens is 234 g/mol. The largest absolute Gasteiger partial charge is 0.381 e. The summed E-state index contributed by atoms with van der Waals surface area (Å²) in [5.74, 6) is 4.90. The second-order valence-corrected chi connectivity index (χ2v) is 5.12. The van der Waals surface area contributed by atoms with Crippen LogP contribution in [0.5, 0.6) is 0 Å². The van der Waals surface area contributed by atoms with Gasteiger partial charge in [-0.15, -0.1) is 0 Å². The van der Waals surface area contributed by atoms with Gasteiger partial charge in [-0.1, -0.05) is 0 Å². The lowest BCUT2D eigenvalue weighted by molar-refractivity contribution is -0.132. The van der Waals surface area contributed by atoms with Crippen molar-refractivity contribution in [1.82, 2.24) is 10.3 Å². The number of likely N-dealkylation sites (N-methyl/N-ethyl adjacent to an activating group) is 1. The van der Waals surface area contributed by atoms with Gasteiger partial charge in [0.05, 0.1) is 6.10 Å². The van der Waals surface area contributed by atoms with Crippen molar-refractivity contribution in [2.45, 2.75) is 43.9 Å². The standard InChI is InChI=1S/C12H23N3O3/c1-15(9-4-6-17-7-5-9)8-10-2-3-11(18-10)12(16)14-13/h9-11H,2-8,13H2,1H3,(H,14,16). The van der Waals surface area contributed by atoms with E-state index in [4.69, 9.17) is 15.3 Å². The van der Waals surface area contributed by atoms with Gasteiger partial charge in [-0.25, -0.2) is 5.84 Å². The smallest absolute Gasteiger partial charge is 0.263 e. The van der Waals surface area contributed by atoms with Crippen LogP contribution in [0.3, 0.4) is 0 Å². The van der Waals surface area contributed by atoms with Gasteiger partial charge in [0.2, 0.25) is 0 Å². The molecule has 0 aromatic heterocycles. The number of hydrazine groups is 1. The maximum Gasteiger partial charge on any atom is 0.263 e. The molecule has 3 N–H and O–H groups in total. The molecule has 2 aliphatic heterocycles. The Balaban J connectivity index is 1.74. The highest BCUT2D eigenvalue weighted by Gasteiger charge is 2.32. The van der Waals surface area contributed by atoms with Gasteiger partial charge in [0.1, 0.15) is 6.10 Å². The maximum absolute atomic E-state index is 11.4. The first-order chi connectivity index (χ1) is 8.70. The van der Waals surface area contributed by atoms with Gasteiger partial charge < -0.3 is 14.4 Å². The number of nitrogens with zero attached hydrogens (tertiary/aromatic N) is 1. The molecule has 0 aromatic rings. The molecule has 2 rings (SSSR count). The number of nitrogens with two attached hydrogens (primary N) is 1. The Hall–Kier alpha value is -0.690. The Morgan fingerprint density at radius 2 is 2.06 bits per heavy atom. The van der Waals surface area contributed by atoms with Crippen LogP contribution in [0.25, 0.3) is 0 Å². The SMILES string of the molecule is CN(CC1CCC(C(=O)NN)O1)C1CCOCC1. The summed E-state index contributed by atoms with van der Waals surface area (Å²) in [6.07, 6.45) is 3.61. The average Bonchev–Trinajstić information content (AvgIpc) is 2.87. The molecule has 18 heavy (non-hydrogen) atoms. The molecule has 0 saturated carbocycles. The van der Waals surface area contributed by atoms with E-state index in [0.29, 0.717) is 6.04 Å². The molecule has 2 atom stereocenters. The molecule has 0 aliphatic carbocycles. The first-order valence-corrected chi connectivity index (χ1v) is 6.64. The Bertz CT molecular complexity index is 282. The summed E-state index contributed by atoms with van der Waals surface area (Å²) in [6.45, 7) is 2.57. The summed E-state index contributed by atoms with van der Waals surface area (Å²) in [6, 6.07) is 0.574. The van der Waals surface area contributed by atoms with Gasteiger partial charge >= 0.3 is 0 Å². The van der Waals surface area contributed by atoms with Gasteiger partial charge in [0, 0.05) is 25.8 Å². The van der Waals surface area contributed by atoms with Gasteiger partial charge in [0.15, 0.2) is 0 Å². The fraction of sp³-hybridized carbons (Fsp3) is 0.917. The van der Waals surface area contributed by atoms with E-state index in [9.17, 15) is 4.79 Å². The molecule has 0 aromatic carbocycles. The van der Waals surface area contributed by atoms with Gasteiger partial charge in [-0.3, -0.25) is 10.2 Å². The first kappa shape index (κ1) is 13.7. The summed E-state index contributed by atoms with van der Waals surface area (Å²) >= 11 is 0. The zero-order valence-electron chi connectivity index (χ0n) is 10.9. The van der Waals surface area contributed by atoms with Crippen molar-refractivity contribution in [3.8, 4) is 0 Å². The third-order valence-corrected chi connectivity index (χ3v) is 3.85. The number of hydrogen-bond donors (Lipinski definition) is 2. The van der Waals surface area contributed by atoms with Crippen molar-refractivity contribution in [2.24, 2.45) is 5.84 Å². The number of nitrogens with one attached hydrogen (secondary N) is 1. The molecular formula is C12H23N3O3. The van der Waals surface area contributed by atoms with E-state index in [1.165, 1.54) is 0 Å². The van der Waals surface area contributed by atoms with Gasteiger partial charge in [-0.05, 0) is 32.7 Å². The molecule has 2 heterocycles. The zero-order chi connectivity index (χ0) is 13.0. The van der Waals surface area contributed by atoms with Gasteiger partial charge in [-0.2, -0.15) is 0 Å². The van der Waals surface area contributed by atoms with Crippen LogP contribution in [-0.2, 0) is 14.3 Å². The number of amides is 1. The van der Waals surface area contributed by atoms with Crippen molar-refractivity contribution >= 4 is 5.91 Å². The van der Waals surface area contributed by atoms with Crippen LogP contribution >= 0.6 is 0 Å². The lowest BCUT2D eigenvalue weighted by Crippen LogP contribution is -2.42. The third kappa shape index (κ3) is 3.41. The number of ether oxygens (including phenoxy) is 2.